The second-order valence-electron chi connectivity index (χ2n) is 7.18. The molecule has 0 fully saturated rings. The van der Waals surface area contributed by atoms with Crippen LogP contribution in [0.15, 0.2) is 41.5 Å². The van der Waals surface area contributed by atoms with Crippen molar-refractivity contribution in [2.24, 2.45) is 11.0 Å². The van der Waals surface area contributed by atoms with E-state index >= 15 is 0 Å². The van der Waals surface area contributed by atoms with Gasteiger partial charge in [-0.05, 0) is 70.5 Å². The van der Waals surface area contributed by atoms with Gasteiger partial charge in [0.15, 0.2) is 11.5 Å². The first-order valence-electron chi connectivity index (χ1n) is 10.0. The summed E-state index contributed by atoms with van der Waals surface area (Å²) in [6.45, 7) is 3.80. The van der Waals surface area contributed by atoms with Gasteiger partial charge < -0.3 is 19.5 Å². The van der Waals surface area contributed by atoms with Crippen LogP contribution in [0, 0.1) is 21.8 Å². The number of rotatable bonds is 10. The molecule has 0 aliphatic heterocycles. The van der Waals surface area contributed by atoms with E-state index in [-0.39, 0.29) is 18.4 Å². The van der Waals surface area contributed by atoms with Gasteiger partial charge in [0.1, 0.15) is 18.4 Å². The molecule has 0 spiro atoms. The van der Waals surface area contributed by atoms with E-state index in [1.54, 1.807) is 37.4 Å². The van der Waals surface area contributed by atoms with Crippen molar-refractivity contribution in [3.63, 3.8) is 0 Å². The fourth-order valence-electron chi connectivity index (χ4n) is 2.81. The smallest absolute Gasteiger partial charge is 0.262 e. The van der Waals surface area contributed by atoms with Gasteiger partial charge >= 0.3 is 0 Å². The molecule has 1 atom stereocenters. The highest BCUT2D eigenvalue weighted by molar-refractivity contribution is 14.1. The number of hydrogen-bond donors (Lipinski definition) is 2. The van der Waals surface area contributed by atoms with Crippen LogP contribution < -0.4 is 25.0 Å². The quantitative estimate of drug-likeness (QED) is 0.200. The lowest BCUT2D eigenvalue weighted by atomic mass is 10.0. The van der Waals surface area contributed by atoms with Gasteiger partial charge in [-0.1, -0.05) is 19.8 Å². The summed E-state index contributed by atoms with van der Waals surface area (Å²) in [7, 11) is 3.07. The number of methoxy groups -OCH3 is 2. The summed E-state index contributed by atoms with van der Waals surface area (Å²) < 4.78 is 16.8. The minimum absolute atomic E-state index is 0.120. The maximum atomic E-state index is 12.7. The topological polar surface area (TPSA) is 98.2 Å². The fourth-order valence-corrected chi connectivity index (χ4v) is 3.59. The van der Waals surface area contributed by atoms with Crippen LogP contribution in [0.3, 0.4) is 0 Å². The molecule has 0 saturated heterocycles. The lowest BCUT2D eigenvalue weighted by Crippen LogP contribution is -2.48. The number of carbonyl (C=O) groups is 2. The first-order chi connectivity index (χ1) is 15.8. The molecule has 0 aromatic heterocycles. The van der Waals surface area contributed by atoms with E-state index < -0.39 is 11.9 Å². The van der Waals surface area contributed by atoms with Crippen molar-refractivity contribution >= 4 is 40.6 Å². The van der Waals surface area contributed by atoms with Gasteiger partial charge in [0.2, 0.25) is 0 Å². The monoisotopic (exact) mass is 563 g/mol. The normalized spacial score (nSPS) is 11.5. The molecule has 2 rings (SSSR count). The van der Waals surface area contributed by atoms with Crippen LogP contribution in [0.4, 0.5) is 0 Å². The molecule has 0 saturated carbocycles. The molecule has 9 heteroatoms. The number of ether oxygens (including phenoxy) is 3. The highest BCUT2D eigenvalue weighted by atomic mass is 127. The van der Waals surface area contributed by atoms with Crippen molar-refractivity contribution in [3.8, 4) is 29.6 Å². The molecule has 0 aliphatic carbocycles. The number of nitrogens with zero attached hydrogens (tertiary/aromatic N) is 1. The standard InChI is InChI=1S/C24H26IN3O5/c1-6-11-33-22-19(25)12-16(13-20(22)32-5)14-26-28-24(30)21(15(2)3)27-23(29)17-7-9-18(31-4)10-8-17/h1,7-10,12-15,21H,11H2,2-5H3,(H,27,29)(H,28,30). The van der Waals surface area contributed by atoms with Gasteiger partial charge in [-0.25, -0.2) is 5.43 Å². The van der Waals surface area contributed by atoms with Crippen molar-refractivity contribution in [2.45, 2.75) is 19.9 Å². The molecular weight excluding hydrogens is 537 g/mol. The zero-order valence-corrected chi connectivity index (χ0v) is 21.0. The van der Waals surface area contributed by atoms with Crippen molar-refractivity contribution in [3.05, 3.63) is 51.1 Å². The Labute approximate surface area is 207 Å². The first kappa shape index (κ1) is 26.0. The Morgan fingerprint density at radius 1 is 1.18 bits per heavy atom. The molecule has 0 bridgehead atoms. The predicted molar refractivity (Wildman–Crippen MR) is 135 cm³/mol. The fraction of sp³-hybridized carbons (Fsp3) is 0.292. The van der Waals surface area contributed by atoms with Gasteiger partial charge in [0, 0.05) is 5.56 Å². The second-order valence-corrected chi connectivity index (χ2v) is 8.35. The number of hydrazone groups is 1. The SMILES string of the molecule is C#CCOc1c(I)cc(C=NNC(=O)C(NC(=O)c2ccc(OC)cc2)C(C)C)cc1OC. The minimum atomic E-state index is -0.772. The predicted octanol–water partition coefficient (Wildman–Crippen LogP) is 3.23. The van der Waals surface area contributed by atoms with Crippen LogP contribution in [0.25, 0.3) is 0 Å². The highest BCUT2D eigenvalue weighted by Gasteiger charge is 2.24. The Bertz CT molecular complexity index is 1050. The number of carbonyl (C=O) groups excluding carboxylic acids is 2. The summed E-state index contributed by atoms with van der Waals surface area (Å²) in [4.78, 5) is 25.2. The number of terminal acetylenes is 1. The van der Waals surface area contributed by atoms with Gasteiger partial charge in [-0.15, -0.1) is 6.42 Å². The minimum Gasteiger partial charge on any atom is -0.497 e. The first-order valence-corrected chi connectivity index (χ1v) is 11.1. The van der Waals surface area contributed by atoms with Gasteiger partial charge in [-0.3, -0.25) is 9.59 Å². The van der Waals surface area contributed by atoms with Gasteiger partial charge in [-0.2, -0.15) is 5.10 Å². The van der Waals surface area contributed by atoms with Crippen molar-refractivity contribution in [1.82, 2.24) is 10.7 Å². The Kier molecular flexibility index (Phi) is 10.00. The maximum Gasteiger partial charge on any atom is 0.262 e. The summed E-state index contributed by atoms with van der Waals surface area (Å²) in [6, 6.07) is 9.39. The summed E-state index contributed by atoms with van der Waals surface area (Å²) in [6.07, 6.45) is 6.73. The van der Waals surface area contributed by atoms with E-state index in [0.717, 1.165) is 3.57 Å². The molecule has 0 radical (unpaired) electrons. The highest BCUT2D eigenvalue weighted by Crippen LogP contribution is 2.33. The van der Waals surface area contributed by atoms with Crippen molar-refractivity contribution < 1.29 is 23.8 Å². The van der Waals surface area contributed by atoms with Crippen LogP contribution in [0.2, 0.25) is 0 Å². The zero-order chi connectivity index (χ0) is 24.4. The molecule has 2 aromatic carbocycles. The number of amides is 2. The Morgan fingerprint density at radius 3 is 2.45 bits per heavy atom. The Morgan fingerprint density at radius 2 is 1.88 bits per heavy atom. The van der Waals surface area contributed by atoms with Crippen LogP contribution in [0.5, 0.6) is 17.2 Å². The lowest BCUT2D eigenvalue weighted by molar-refractivity contribution is -0.123. The third kappa shape index (κ3) is 7.39. The average molecular weight is 563 g/mol. The zero-order valence-electron chi connectivity index (χ0n) is 18.8. The summed E-state index contributed by atoms with van der Waals surface area (Å²) in [5.41, 5.74) is 3.60. The molecule has 2 N–H and O–H groups in total. The third-order valence-corrected chi connectivity index (χ3v) is 5.33. The molecule has 0 aliphatic rings. The molecule has 33 heavy (non-hydrogen) atoms. The number of halogens is 1. The van der Waals surface area contributed by atoms with E-state index in [1.807, 2.05) is 19.9 Å². The van der Waals surface area contributed by atoms with Crippen LogP contribution in [0.1, 0.15) is 29.8 Å². The van der Waals surface area contributed by atoms with Crippen molar-refractivity contribution in [1.29, 1.82) is 0 Å². The van der Waals surface area contributed by atoms with Gasteiger partial charge in [0.05, 0.1) is 24.0 Å². The van der Waals surface area contributed by atoms with Gasteiger partial charge in [0.25, 0.3) is 11.8 Å². The molecular formula is C24H26IN3O5. The molecule has 2 aromatic rings. The van der Waals surface area contributed by atoms with Crippen molar-refractivity contribution in [2.75, 3.05) is 20.8 Å². The van der Waals surface area contributed by atoms with Crippen LogP contribution in [-0.2, 0) is 4.79 Å². The third-order valence-electron chi connectivity index (χ3n) is 4.53. The van der Waals surface area contributed by atoms with Crippen LogP contribution >= 0.6 is 22.6 Å². The number of hydrogen-bond acceptors (Lipinski definition) is 6. The Hall–Kier alpha value is -3.26. The van der Waals surface area contributed by atoms with E-state index in [9.17, 15) is 9.59 Å². The molecule has 1 unspecified atom stereocenters. The summed E-state index contributed by atoms with van der Waals surface area (Å²) in [5, 5.41) is 6.78. The Balaban J connectivity index is 2.07. The van der Waals surface area contributed by atoms with E-state index in [0.29, 0.717) is 28.4 Å². The van der Waals surface area contributed by atoms with E-state index in [4.69, 9.17) is 20.6 Å². The second kappa shape index (κ2) is 12.7. The molecule has 2 amide bonds. The number of benzene rings is 2. The molecule has 8 nitrogen and oxygen atoms in total. The summed E-state index contributed by atoms with van der Waals surface area (Å²) >= 11 is 2.10. The average Bonchev–Trinajstić information content (AvgIpc) is 2.81. The maximum absolute atomic E-state index is 12.7. The lowest BCUT2D eigenvalue weighted by Gasteiger charge is -2.20. The van der Waals surface area contributed by atoms with E-state index in [2.05, 4.69) is 44.4 Å². The largest absolute Gasteiger partial charge is 0.497 e. The summed E-state index contributed by atoms with van der Waals surface area (Å²) in [5.74, 6) is 3.14. The molecule has 0 heterocycles. The van der Waals surface area contributed by atoms with Crippen LogP contribution in [-0.4, -0.2) is 44.9 Å². The molecule has 174 valence electrons. The van der Waals surface area contributed by atoms with E-state index in [1.165, 1.54) is 13.3 Å². The number of nitrogens with one attached hydrogen (secondary N) is 2.